The van der Waals surface area contributed by atoms with Crippen LogP contribution in [0.2, 0.25) is 5.02 Å². The second-order valence-corrected chi connectivity index (χ2v) is 12.0. The zero-order valence-corrected chi connectivity index (χ0v) is 27.1. The second-order valence-electron chi connectivity index (χ2n) is 9.67. The molecule has 1 aliphatic heterocycles. The number of methoxy groups -OCH3 is 2. The maximum atomic E-state index is 14.1. The number of aromatic nitrogens is 2. The highest BCUT2D eigenvalue weighted by molar-refractivity contribution is 9.10. The molecule has 3 heterocycles. The van der Waals surface area contributed by atoms with Gasteiger partial charge in [-0.2, -0.15) is 0 Å². The average Bonchev–Trinajstić information content (AvgIpc) is 3.42. The van der Waals surface area contributed by atoms with Gasteiger partial charge in [0, 0.05) is 26.6 Å². The third kappa shape index (κ3) is 5.23. The van der Waals surface area contributed by atoms with E-state index in [2.05, 4.69) is 25.5 Å². The molecular weight excluding hydrogens is 642 g/mol. The zero-order valence-electron chi connectivity index (χ0n) is 24.0. The quantitative estimate of drug-likeness (QED) is 0.238. The van der Waals surface area contributed by atoms with Crippen LogP contribution in [0.3, 0.4) is 0 Å². The molecule has 11 heteroatoms. The van der Waals surface area contributed by atoms with Crippen LogP contribution in [0.4, 0.5) is 0 Å². The molecular formula is C31H29BrClN3O5S. The van der Waals surface area contributed by atoms with Gasteiger partial charge in [0.2, 0.25) is 0 Å². The van der Waals surface area contributed by atoms with E-state index in [1.54, 1.807) is 37.7 Å². The van der Waals surface area contributed by atoms with Crippen molar-refractivity contribution in [2.75, 3.05) is 20.8 Å². The first-order chi connectivity index (χ1) is 20.1. The predicted octanol–water partition coefficient (Wildman–Crippen LogP) is 5.64. The van der Waals surface area contributed by atoms with Crippen LogP contribution in [-0.4, -0.2) is 35.9 Å². The fourth-order valence-electron chi connectivity index (χ4n) is 5.23. The summed E-state index contributed by atoms with van der Waals surface area (Å²) in [6, 6.07) is 12.4. The van der Waals surface area contributed by atoms with Crippen LogP contribution in [0.5, 0.6) is 11.5 Å². The van der Waals surface area contributed by atoms with Crippen LogP contribution in [-0.2, 0) is 9.53 Å². The molecule has 2 aromatic carbocycles. The van der Waals surface area contributed by atoms with E-state index >= 15 is 0 Å². The number of ether oxygens (including phenoxy) is 3. The molecule has 8 nitrogen and oxygen atoms in total. The molecule has 218 valence electrons. The lowest BCUT2D eigenvalue weighted by molar-refractivity contribution is -0.139. The summed E-state index contributed by atoms with van der Waals surface area (Å²) < 4.78 is 21.3. The van der Waals surface area contributed by atoms with Crippen molar-refractivity contribution in [3.8, 4) is 17.2 Å². The van der Waals surface area contributed by atoms with Crippen LogP contribution in [0.1, 0.15) is 42.4 Å². The highest BCUT2D eigenvalue weighted by Crippen LogP contribution is 2.40. The van der Waals surface area contributed by atoms with E-state index in [0.29, 0.717) is 41.6 Å². The number of aryl methyl sites for hydroxylation is 1. The Balaban J connectivity index is 1.73. The van der Waals surface area contributed by atoms with Crippen molar-refractivity contribution in [1.29, 1.82) is 0 Å². The van der Waals surface area contributed by atoms with Crippen molar-refractivity contribution in [2.45, 2.75) is 33.7 Å². The summed E-state index contributed by atoms with van der Waals surface area (Å²) in [6.45, 7) is 7.71. The first-order valence-electron chi connectivity index (χ1n) is 13.2. The Bertz CT molecular complexity index is 1920. The molecule has 0 saturated carbocycles. The van der Waals surface area contributed by atoms with Gasteiger partial charge in [-0.1, -0.05) is 38.9 Å². The van der Waals surface area contributed by atoms with E-state index in [1.165, 1.54) is 18.4 Å². The molecule has 42 heavy (non-hydrogen) atoms. The summed E-state index contributed by atoms with van der Waals surface area (Å²) in [6.07, 6.45) is 1.88. The summed E-state index contributed by atoms with van der Waals surface area (Å²) in [5, 5.41) is 0.663. The Hall–Kier alpha value is -3.60. The number of esters is 1. The van der Waals surface area contributed by atoms with Gasteiger partial charge >= 0.3 is 5.97 Å². The summed E-state index contributed by atoms with van der Waals surface area (Å²) >= 11 is 11.0. The number of rotatable bonds is 7. The molecule has 2 aromatic heterocycles. The van der Waals surface area contributed by atoms with E-state index in [9.17, 15) is 9.59 Å². The van der Waals surface area contributed by atoms with Gasteiger partial charge in [-0.25, -0.2) is 9.79 Å². The van der Waals surface area contributed by atoms with Gasteiger partial charge in [0.1, 0.15) is 0 Å². The molecule has 5 rings (SSSR count). The van der Waals surface area contributed by atoms with Gasteiger partial charge in [0.15, 0.2) is 16.3 Å². The molecule has 0 saturated heterocycles. The molecule has 1 aliphatic rings. The number of nitrogens with zero attached hydrogens (tertiary/aromatic N) is 3. The van der Waals surface area contributed by atoms with Gasteiger partial charge < -0.3 is 18.8 Å². The van der Waals surface area contributed by atoms with E-state index in [-0.39, 0.29) is 17.7 Å². The molecule has 0 unspecified atom stereocenters. The number of benzene rings is 2. The number of fused-ring (bicyclic) bond motifs is 1. The Labute approximate surface area is 260 Å². The topological polar surface area (TPSA) is 84.1 Å². The molecule has 0 N–H and O–H groups in total. The molecule has 0 bridgehead atoms. The number of thiazole rings is 1. The standard InChI is InChI=1S/C31H29BrClN3O5S/c1-7-41-30(38)27-17(3)34-31-36(28(27)22-14-24(39-5)25(40-6)15-23(22)32)29(37)26(42-31)13-19-12-16(2)35(18(19)4)21-10-8-20(33)9-11-21/h8-15,28H,7H2,1-6H3/b26-13-/t28-/m1/s1. The van der Waals surface area contributed by atoms with Gasteiger partial charge in [0.25, 0.3) is 5.56 Å². The Morgan fingerprint density at radius 1 is 1.10 bits per heavy atom. The van der Waals surface area contributed by atoms with Crippen molar-refractivity contribution >= 4 is 50.9 Å². The van der Waals surface area contributed by atoms with Crippen molar-refractivity contribution in [3.05, 3.63) is 105 Å². The summed E-state index contributed by atoms with van der Waals surface area (Å²) in [5.74, 6) is 0.437. The van der Waals surface area contributed by atoms with Crippen LogP contribution in [0, 0.1) is 13.8 Å². The average molecular weight is 671 g/mol. The number of carbonyl (C=O) groups excluding carboxylic acids is 1. The lowest BCUT2D eigenvalue weighted by Crippen LogP contribution is -2.40. The van der Waals surface area contributed by atoms with Gasteiger partial charge in [-0.15, -0.1) is 0 Å². The maximum Gasteiger partial charge on any atom is 0.338 e. The van der Waals surface area contributed by atoms with E-state index in [0.717, 1.165) is 22.6 Å². The molecule has 0 fully saturated rings. The van der Waals surface area contributed by atoms with E-state index < -0.39 is 12.0 Å². The molecule has 0 radical (unpaired) electrons. The summed E-state index contributed by atoms with van der Waals surface area (Å²) in [4.78, 5) is 32.6. The minimum atomic E-state index is -0.807. The predicted molar refractivity (Wildman–Crippen MR) is 168 cm³/mol. The SMILES string of the molecule is CCOC(=O)C1=C(C)N=c2s/c(=C\c3cc(C)n(-c4ccc(Cl)cc4)c3C)c(=O)n2[C@@H]1c1cc(OC)c(OC)cc1Br. The number of allylic oxidation sites excluding steroid dienone is 1. The lowest BCUT2D eigenvalue weighted by atomic mass is 9.95. The highest BCUT2D eigenvalue weighted by atomic mass is 79.9. The van der Waals surface area contributed by atoms with Crippen LogP contribution in [0.15, 0.2) is 68.0 Å². The van der Waals surface area contributed by atoms with E-state index in [1.807, 2.05) is 50.3 Å². The van der Waals surface area contributed by atoms with Gasteiger partial charge in [-0.05, 0) is 87.4 Å². The molecule has 1 atom stereocenters. The minimum Gasteiger partial charge on any atom is -0.493 e. The fraction of sp³-hybridized carbons (Fsp3) is 0.258. The maximum absolute atomic E-state index is 14.1. The fourth-order valence-corrected chi connectivity index (χ4v) is 6.93. The third-order valence-corrected chi connectivity index (χ3v) is 9.08. The largest absolute Gasteiger partial charge is 0.493 e. The molecule has 0 aliphatic carbocycles. The normalized spacial score (nSPS) is 15.0. The molecule has 0 spiro atoms. The van der Waals surface area contributed by atoms with Crippen molar-refractivity contribution in [1.82, 2.24) is 9.13 Å². The van der Waals surface area contributed by atoms with Gasteiger partial charge in [0.05, 0.1) is 42.7 Å². The third-order valence-electron chi connectivity index (χ3n) is 7.16. The van der Waals surface area contributed by atoms with Crippen molar-refractivity contribution < 1.29 is 19.0 Å². The summed E-state index contributed by atoms with van der Waals surface area (Å²) in [5.41, 5.74) is 5.00. The van der Waals surface area contributed by atoms with Crippen LogP contribution < -0.4 is 24.4 Å². The Morgan fingerprint density at radius 2 is 1.76 bits per heavy atom. The monoisotopic (exact) mass is 669 g/mol. The molecule has 0 amide bonds. The lowest BCUT2D eigenvalue weighted by Gasteiger charge is -2.26. The van der Waals surface area contributed by atoms with Crippen molar-refractivity contribution in [3.63, 3.8) is 0 Å². The Morgan fingerprint density at radius 3 is 2.40 bits per heavy atom. The number of halogens is 2. The van der Waals surface area contributed by atoms with Crippen LogP contribution in [0.25, 0.3) is 11.8 Å². The molecule has 4 aromatic rings. The minimum absolute atomic E-state index is 0.184. The number of hydrogen-bond acceptors (Lipinski definition) is 7. The first kappa shape index (κ1) is 29.9. The van der Waals surface area contributed by atoms with Crippen LogP contribution >= 0.6 is 38.9 Å². The van der Waals surface area contributed by atoms with Gasteiger partial charge in [-0.3, -0.25) is 9.36 Å². The summed E-state index contributed by atoms with van der Waals surface area (Å²) in [7, 11) is 3.08. The second kappa shape index (κ2) is 11.9. The van der Waals surface area contributed by atoms with E-state index in [4.69, 9.17) is 25.8 Å². The smallest absolute Gasteiger partial charge is 0.338 e. The Kier molecular flexibility index (Phi) is 8.50. The van der Waals surface area contributed by atoms with Crippen molar-refractivity contribution in [2.24, 2.45) is 4.99 Å². The number of hydrogen-bond donors (Lipinski definition) is 0. The first-order valence-corrected chi connectivity index (χ1v) is 15.1. The number of carbonyl (C=O) groups is 1. The zero-order chi connectivity index (χ0) is 30.3. The highest BCUT2D eigenvalue weighted by Gasteiger charge is 2.35.